The molecule has 1 N–H and O–H groups in total. The van der Waals surface area contributed by atoms with Crippen molar-refractivity contribution in [1.29, 1.82) is 0 Å². The van der Waals surface area contributed by atoms with E-state index in [-0.39, 0.29) is 6.04 Å². The van der Waals surface area contributed by atoms with E-state index in [4.69, 9.17) is 11.6 Å². The molecule has 0 bridgehead atoms. The van der Waals surface area contributed by atoms with E-state index in [1.165, 1.54) is 7.11 Å². The Balaban J connectivity index is 2.74. The van der Waals surface area contributed by atoms with E-state index < -0.39 is 6.09 Å². The largest absolute Gasteiger partial charge is 0.453 e. The van der Waals surface area contributed by atoms with Gasteiger partial charge in [-0.1, -0.05) is 29.8 Å². The number of carbonyl (C=O) groups excluding carboxylic acids is 1. The van der Waals surface area contributed by atoms with Crippen molar-refractivity contribution in [3.63, 3.8) is 0 Å². The summed E-state index contributed by atoms with van der Waals surface area (Å²) in [4.78, 5) is 10.9. The minimum Gasteiger partial charge on any atom is -0.453 e. The fraction of sp³-hybridized carbons (Fsp3) is 0.300. The number of carbonyl (C=O) groups is 1. The second-order valence-electron chi connectivity index (χ2n) is 2.88. The fourth-order valence-electron chi connectivity index (χ4n) is 1.14. The van der Waals surface area contributed by atoms with Crippen LogP contribution in [-0.2, 0) is 4.74 Å². The van der Waals surface area contributed by atoms with Gasteiger partial charge in [0.2, 0.25) is 0 Å². The molecule has 1 amide bonds. The summed E-state index contributed by atoms with van der Waals surface area (Å²) in [5, 5.41) is 3.28. The summed E-state index contributed by atoms with van der Waals surface area (Å²) in [6, 6.07) is 7.21. The van der Waals surface area contributed by atoms with Gasteiger partial charge in [0.15, 0.2) is 0 Å². The summed E-state index contributed by atoms with van der Waals surface area (Å²) in [7, 11) is 1.33. The van der Waals surface area contributed by atoms with Gasteiger partial charge in [-0.3, -0.25) is 0 Å². The lowest BCUT2D eigenvalue weighted by atomic mass is 10.1. The SMILES string of the molecule is COC(=O)N[C@@H](C)c1ccccc1Cl. The van der Waals surface area contributed by atoms with Crippen LogP contribution in [0.1, 0.15) is 18.5 Å². The summed E-state index contributed by atoms with van der Waals surface area (Å²) in [6.07, 6.45) is -0.461. The number of hydrogen-bond donors (Lipinski definition) is 1. The molecule has 0 saturated carbocycles. The summed E-state index contributed by atoms with van der Waals surface area (Å²) in [5.74, 6) is 0. The Morgan fingerprint density at radius 2 is 2.14 bits per heavy atom. The molecule has 0 unspecified atom stereocenters. The van der Waals surface area contributed by atoms with E-state index in [2.05, 4.69) is 10.1 Å². The molecule has 0 aromatic heterocycles. The Hall–Kier alpha value is -1.22. The van der Waals surface area contributed by atoms with E-state index >= 15 is 0 Å². The van der Waals surface area contributed by atoms with Crippen LogP contribution < -0.4 is 5.32 Å². The molecule has 0 heterocycles. The lowest BCUT2D eigenvalue weighted by Crippen LogP contribution is -2.26. The molecule has 0 saturated heterocycles. The van der Waals surface area contributed by atoms with Crippen LogP contribution in [0.4, 0.5) is 4.79 Å². The molecule has 0 fully saturated rings. The third-order valence-corrected chi connectivity index (χ3v) is 2.24. The smallest absolute Gasteiger partial charge is 0.407 e. The Morgan fingerprint density at radius 1 is 1.50 bits per heavy atom. The molecular formula is C10H12ClNO2. The number of amides is 1. The van der Waals surface area contributed by atoms with Crippen molar-refractivity contribution in [3.8, 4) is 0 Å². The first-order valence-corrected chi connectivity index (χ1v) is 4.62. The monoisotopic (exact) mass is 213 g/mol. The van der Waals surface area contributed by atoms with Gasteiger partial charge in [-0.05, 0) is 18.6 Å². The highest BCUT2D eigenvalue weighted by Gasteiger charge is 2.11. The summed E-state index contributed by atoms with van der Waals surface area (Å²) < 4.78 is 4.49. The van der Waals surface area contributed by atoms with E-state index in [0.717, 1.165) is 5.56 Å². The zero-order chi connectivity index (χ0) is 10.6. The number of rotatable bonds is 2. The van der Waals surface area contributed by atoms with Crippen molar-refractivity contribution in [2.24, 2.45) is 0 Å². The van der Waals surface area contributed by atoms with Crippen molar-refractivity contribution in [3.05, 3.63) is 34.9 Å². The van der Waals surface area contributed by atoms with Gasteiger partial charge in [-0.2, -0.15) is 0 Å². The van der Waals surface area contributed by atoms with E-state index in [1.54, 1.807) is 6.07 Å². The molecule has 76 valence electrons. The van der Waals surface area contributed by atoms with Crippen LogP contribution in [0.15, 0.2) is 24.3 Å². The number of alkyl carbamates (subject to hydrolysis) is 1. The van der Waals surface area contributed by atoms with E-state index in [1.807, 2.05) is 25.1 Å². The second kappa shape index (κ2) is 4.86. The first-order valence-electron chi connectivity index (χ1n) is 4.24. The number of benzene rings is 1. The van der Waals surface area contributed by atoms with Crippen molar-refractivity contribution < 1.29 is 9.53 Å². The highest BCUT2D eigenvalue weighted by molar-refractivity contribution is 6.31. The van der Waals surface area contributed by atoms with Gasteiger partial charge in [0.25, 0.3) is 0 Å². The Morgan fingerprint density at radius 3 is 2.71 bits per heavy atom. The molecular weight excluding hydrogens is 202 g/mol. The van der Waals surface area contributed by atoms with Crippen LogP contribution in [0.2, 0.25) is 5.02 Å². The number of nitrogens with one attached hydrogen (secondary N) is 1. The van der Waals surface area contributed by atoms with Crippen molar-refractivity contribution >= 4 is 17.7 Å². The molecule has 0 radical (unpaired) electrons. The first-order chi connectivity index (χ1) is 6.65. The lowest BCUT2D eigenvalue weighted by Gasteiger charge is -2.14. The molecule has 4 heteroatoms. The highest BCUT2D eigenvalue weighted by Crippen LogP contribution is 2.21. The maximum Gasteiger partial charge on any atom is 0.407 e. The third kappa shape index (κ3) is 2.64. The average Bonchev–Trinajstić information content (AvgIpc) is 2.18. The highest BCUT2D eigenvalue weighted by atomic mass is 35.5. The summed E-state index contributed by atoms with van der Waals surface area (Å²) >= 11 is 5.95. The fourth-order valence-corrected chi connectivity index (χ4v) is 1.44. The van der Waals surface area contributed by atoms with Crippen LogP contribution in [0, 0.1) is 0 Å². The van der Waals surface area contributed by atoms with Crippen molar-refractivity contribution in [1.82, 2.24) is 5.32 Å². The number of halogens is 1. The average molecular weight is 214 g/mol. The Kier molecular flexibility index (Phi) is 3.77. The molecule has 1 aromatic carbocycles. The molecule has 1 rings (SSSR count). The molecule has 1 atom stereocenters. The molecule has 1 aromatic rings. The van der Waals surface area contributed by atoms with Gasteiger partial charge in [0.1, 0.15) is 0 Å². The number of hydrogen-bond acceptors (Lipinski definition) is 2. The van der Waals surface area contributed by atoms with Gasteiger partial charge in [0.05, 0.1) is 13.2 Å². The topological polar surface area (TPSA) is 38.3 Å². The van der Waals surface area contributed by atoms with Crippen LogP contribution in [0.5, 0.6) is 0 Å². The van der Waals surface area contributed by atoms with Gasteiger partial charge in [-0.25, -0.2) is 4.79 Å². The standard InChI is InChI=1S/C10H12ClNO2/c1-7(12-10(13)14-2)8-5-3-4-6-9(8)11/h3-7H,1-2H3,(H,12,13)/t7-/m0/s1. The molecule has 14 heavy (non-hydrogen) atoms. The summed E-state index contributed by atoms with van der Waals surface area (Å²) in [6.45, 7) is 1.85. The third-order valence-electron chi connectivity index (χ3n) is 1.89. The van der Waals surface area contributed by atoms with Gasteiger partial charge in [0, 0.05) is 5.02 Å². The Bertz CT molecular complexity index is 328. The minimum absolute atomic E-state index is 0.156. The maximum absolute atomic E-state index is 10.9. The van der Waals surface area contributed by atoms with Crippen LogP contribution >= 0.6 is 11.6 Å². The van der Waals surface area contributed by atoms with E-state index in [0.29, 0.717) is 5.02 Å². The molecule has 0 aliphatic carbocycles. The molecule has 0 aliphatic rings. The molecule has 0 aliphatic heterocycles. The Labute approximate surface area is 88.0 Å². The molecule has 0 spiro atoms. The predicted octanol–water partition coefficient (Wildman–Crippen LogP) is 2.76. The van der Waals surface area contributed by atoms with Crippen LogP contribution in [0.25, 0.3) is 0 Å². The van der Waals surface area contributed by atoms with Crippen molar-refractivity contribution in [2.45, 2.75) is 13.0 Å². The van der Waals surface area contributed by atoms with Gasteiger partial charge >= 0.3 is 6.09 Å². The van der Waals surface area contributed by atoms with Crippen molar-refractivity contribution in [2.75, 3.05) is 7.11 Å². The second-order valence-corrected chi connectivity index (χ2v) is 3.29. The van der Waals surface area contributed by atoms with Gasteiger partial charge < -0.3 is 10.1 Å². The maximum atomic E-state index is 10.9. The zero-order valence-electron chi connectivity index (χ0n) is 8.08. The number of methoxy groups -OCH3 is 1. The van der Waals surface area contributed by atoms with Crippen LogP contribution in [-0.4, -0.2) is 13.2 Å². The van der Waals surface area contributed by atoms with Crippen LogP contribution in [0.3, 0.4) is 0 Å². The lowest BCUT2D eigenvalue weighted by molar-refractivity contribution is 0.167. The number of ether oxygens (including phenoxy) is 1. The first kappa shape index (κ1) is 10.9. The normalized spacial score (nSPS) is 11.9. The van der Waals surface area contributed by atoms with Gasteiger partial charge in [-0.15, -0.1) is 0 Å². The zero-order valence-corrected chi connectivity index (χ0v) is 8.84. The quantitative estimate of drug-likeness (QED) is 0.821. The molecule has 3 nitrogen and oxygen atoms in total. The minimum atomic E-state index is -0.461. The predicted molar refractivity (Wildman–Crippen MR) is 55.4 cm³/mol. The summed E-state index contributed by atoms with van der Waals surface area (Å²) in [5.41, 5.74) is 0.875. The van der Waals surface area contributed by atoms with E-state index in [9.17, 15) is 4.79 Å².